The van der Waals surface area contributed by atoms with E-state index in [1.807, 2.05) is 19.1 Å². The third kappa shape index (κ3) is 7.02. The number of rotatable bonds is 7. The van der Waals surface area contributed by atoms with Gasteiger partial charge in [-0.3, -0.25) is 4.79 Å². The summed E-state index contributed by atoms with van der Waals surface area (Å²) in [5, 5.41) is 15.9. The van der Waals surface area contributed by atoms with Crippen molar-refractivity contribution in [3.63, 3.8) is 0 Å². The monoisotopic (exact) mass is 354 g/mol. The molecule has 1 amide bonds. The Kier molecular flexibility index (Phi) is 6.09. The van der Waals surface area contributed by atoms with E-state index in [1.165, 1.54) is 0 Å². The lowest BCUT2D eigenvalue weighted by molar-refractivity contribution is -0.153. The van der Waals surface area contributed by atoms with Crippen molar-refractivity contribution in [1.82, 2.24) is 20.5 Å². The van der Waals surface area contributed by atoms with Crippen LogP contribution in [-0.4, -0.2) is 40.4 Å². The van der Waals surface area contributed by atoms with E-state index in [0.717, 1.165) is 5.56 Å². The summed E-state index contributed by atoms with van der Waals surface area (Å²) in [5.74, 6) is 0.506. The molecule has 0 aliphatic rings. The summed E-state index contributed by atoms with van der Waals surface area (Å²) >= 11 is 0. The molecule has 25 heavy (non-hydrogen) atoms. The van der Waals surface area contributed by atoms with Gasteiger partial charge in [0, 0.05) is 19.3 Å². The normalized spacial score (nSPS) is 11.0. The summed E-state index contributed by atoms with van der Waals surface area (Å²) in [4.78, 5) is 15.2. The standard InChI is InChI=1S/C15H17F3N6O/c1-10-2-3-11(21-9-10)22-13-5-4-12(23-24-13)19-6-7-20-14(25)8-15(16,17)18/h2-5,9H,6-8H2,1H3,(H,19,23)(H,20,25)(H,21,22,24). The van der Waals surface area contributed by atoms with Crippen molar-refractivity contribution >= 4 is 23.4 Å². The highest BCUT2D eigenvalue weighted by Crippen LogP contribution is 2.18. The highest BCUT2D eigenvalue weighted by molar-refractivity contribution is 5.76. The van der Waals surface area contributed by atoms with E-state index < -0.39 is 18.5 Å². The van der Waals surface area contributed by atoms with Gasteiger partial charge >= 0.3 is 6.18 Å². The van der Waals surface area contributed by atoms with Gasteiger partial charge < -0.3 is 16.0 Å². The first-order valence-electron chi connectivity index (χ1n) is 7.42. The Hall–Kier alpha value is -2.91. The van der Waals surface area contributed by atoms with E-state index in [1.54, 1.807) is 18.3 Å². The molecule has 10 heteroatoms. The van der Waals surface area contributed by atoms with Crippen molar-refractivity contribution in [2.45, 2.75) is 19.5 Å². The minimum Gasteiger partial charge on any atom is -0.367 e. The molecule has 0 fully saturated rings. The number of aromatic nitrogens is 3. The van der Waals surface area contributed by atoms with E-state index in [0.29, 0.717) is 17.5 Å². The maximum Gasteiger partial charge on any atom is 0.397 e. The first kappa shape index (κ1) is 18.4. The second-order valence-electron chi connectivity index (χ2n) is 5.22. The fourth-order valence-corrected chi connectivity index (χ4v) is 1.80. The molecule has 0 bridgehead atoms. The van der Waals surface area contributed by atoms with Gasteiger partial charge in [0.1, 0.15) is 18.1 Å². The van der Waals surface area contributed by atoms with Crippen LogP contribution < -0.4 is 16.0 Å². The highest BCUT2D eigenvalue weighted by atomic mass is 19.4. The van der Waals surface area contributed by atoms with Crippen molar-refractivity contribution < 1.29 is 18.0 Å². The second-order valence-corrected chi connectivity index (χ2v) is 5.22. The number of nitrogens with one attached hydrogen (secondary N) is 3. The maximum atomic E-state index is 12.0. The molecule has 0 radical (unpaired) electrons. The summed E-state index contributed by atoms with van der Waals surface area (Å²) in [6, 6.07) is 7.05. The lowest BCUT2D eigenvalue weighted by Gasteiger charge is -2.09. The van der Waals surface area contributed by atoms with Gasteiger partial charge in [0.2, 0.25) is 5.91 Å². The van der Waals surface area contributed by atoms with Crippen LogP contribution in [0.15, 0.2) is 30.5 Å². The number of halogens is 3. The van der Waals surface area contributed by atoms with Crippen LogP contribution in [0.3, 0.4) is 0 Å². The van der Waals surface area contributed by atoms with Gasteiger partial charge in [0.05, 0.1) is 0 Å². The topological polar surface area (TPSA) is 91.8 Å². The highest BCUT2D eigenvalue weighted by Gasteiger charge is 2.30. The molecule has 134 valence electrons. The van der Waals surface area contributed by atoms with Crippen LogP contribution in [0.1, 0.15) is 12.0 Å². The Labute approximate surface area is 142 Å². The number of carbonyl (C=O) groups is 1. The number of hydrogen-bond acceptors (Lipinski definition) is 6. The van der Waals surface area contributed by atoms with Gasteiger partial charge in [0.25, 0.3) is 0 Å². The average Bonchev–Trinajstić information content (AvgIpc) is 2.54. The molecule has 0 aliphatic heterocycles. The number of aryl methyl sites for hydroxylation is 1. The number of amides is 1. The van der Waals surface area contributed by atoms with Crippen molar-refractivity contribution in [3.05, 3.63) is 36.0 Å². The number of hydrogen-bond donors (Lipinski definition) is 3. The molecule has 0 saturated heterocycles. The quantitative estimate of drug-likeness (QED) is 0.662. The molecule has 0 aliphatic carbocycles. The fourth-order valence-electron chi connectivity index (χ4n) is 1.80. The summed E-state index contributed by atoms with van der Waals surface area (Å²) in [6.45, 7) is 2.21. The van der Waals surface area contributed by atoms with Gasteiger partial charge in [-0.2, -0.15) is 13.2 Å². The summed E-state index contributed by atoms with van der Waals surface area (Å²) in [5.41, 5.74) is 1.04. The molecule has 2 aromatic heterocycles. The average molecular weight is 354 g/mol. The van der Waals surface area contributed by atoms with Crippen molar-refractivity contribution in [2.24, 2.45) is 0 Å². The molecule has 0 atom stereocenters. The summed E-state index contributed by atoms with van der Waals surface area (Å²) in [7, 11) is 0. The SMILES string of the molecule is Cc1ccc(Nc2ccc(NCCNC(=O)CC(F)(F)F)nn2)nc1. The van der Waals surface area contributed by atoms with Crippen LogP contribution in [0.25, 0.3) is 0 Å². The van der Waals surface area contributed by atoms with Crippen molar-refractivity contribution in [2.75, 3.05) is 23.7 Å². The zero-order valence-electron chi connectivity index (χ0n) is 13.4. The molecule has 0 unspecified atom stereocenters. The first-order valence-corrected chi connectivity index (χ1v) is 7.42. The Balaban J connectivity index is 1.73. The number of alkyl halides is 3. The molecule has 0 aromatic carbocycles. The molecule has 0 spiro atoms. The van der Waals surface area contributed by atoms with Gasteiger partial charge in [-0.05, 0) is 30.7 Å². The number of pyridine rings is 1. The van der Waals surface area contributed by atoms with Gasteiger partial charge in [0.15, 0.2) is 5.82 Å². The van der Waals surface area contributed by atoms with Gasteiger partial charge in [-0.25, -0.2) is 4.98 Å². The van der Waals surface area contributed by atoms with Crippen LogP contribution >= 0.6 is 0 Å². The van der Waals surface area contributed by atoms with Gasteiger partial charge in [-0.1, -0.05) is 6.07 Å². The molecule has 0 saturated carbocycles. The molecule has 2 heterocycles. The fraction of sp³-hybridized carbons (Fsp3) is 0.333. The molecular weight excluding hydrogens is 337 g/mol. The Morgan fingerprint density at radius 1 is 1.04 bits per heavy atom. The number of anilines is 3. The predicted molar refractivity (Wildman–Crippen MR) is 86.5 cm³/mol. The lowest BCUT2D eigenvalue weighted by atomic mass is 10.3. The second kappa shape index (κ2) is 8.27. The molecule has 2 aromatic rings. The van der Waals surface area contributed by atoms with Gasteiger partial charge in [-0.15, -0.1) is 10.2 Å². The summed E-state index contributed by atoms with van der Waals surface area (Å²) < 4.78 is 36.0. The zero-order chi connectivity index (χ0) is 18.3. The molecule has 2 rings (SSSR count). The van der Waals surface area contributed by atoms with Crippen molar-refractivity contribution in [3.8, 4) is 0 Å². The number of carbonyl (C=O) groups excluding carboxylic acids is 1. The maximum absolute atomic E-state index is 12.0. The van der Waals surface area contributed by atoms with E-state index in [2.05, 4.69) is 31.1 Å². The Bertz CT molecular complexity index is 688. The minimum absolute atomic E-state index is 0.0455. The van der Waals surface area contributed by atoms with E-state index in [4.69, 9.17) is 0 Å². The van der Waals surface area contributed by atoms with E-state index in [9.17, 15) is 18.0 Å². The summed E-state index contributed by atoms with van der Waals surface area (Å²) in [6.07, 6.45) is -4.27. The Morgan fingerprint density at radius 2 is 1.72 bits per heavy atom. The van der Waals surface area contributed by atoms with Crippen LogP contribution in [0.2, 0.25) is 0 Å². The van der Waals surface area contributed by atoms with Crippen LogP contribution in [-0.2, 0) is 4.79 Å². The smallest absolute Gasteiger partial charge is 0.367 e. The van der Waals surface area contributed by atoms with Crippen LogP contribution in [0.5, 0.6) is 0 Å². The zero-order valence-corrected chi connectivity index (χ0v) is 13.4. The predicted octanol–water partition coefficient (Wildman–Crippen LogP) is 2.40. The van der Waals surface area contributed by atoms with Crippen molar-refractivity contribution in [1.29, 1.82) is 0 Å². The largest absolute Gasteiger partial charge is 0.397 e. The van der Waals surface area contributed by atoms with Crippen LogP contribution in [0.4, 0.5) is 30.6 Å². The van der Waals surface area contributed by atoms with E-state index in [-0.39, 0.29) is 13.1 Å². The third-order valence-electron chi connectivity index (χ3n) is 2.95. The molecule has 3 N–H and O–H groups in total. The minimum atomic E-state index is -4.50. The molecule has 7 nitrogen and oxygen atoms in total. The molecular formula is C15H17F3N6O. The lowest BCUT2D eigenvalue weighted by Crippen LogP contribution is -2.32. The van der Waals surface area contributed by atoms with Crippen LogP contribution in [0, 0.1) is 6.92 Å². The van der Waals surface area contributed by atoms with E-state index >= 15 is 0 Å². The number of nitrogens with zero attached hydrogens (tertiary/aromatic N) is 3. The third-order valence-corrected chi connectivity index (χ3v) is 2.95. The first-order chi connectivity index (χ1) is 11.8. The Morgan fingerprint density at radius 3 is 2.32 bits per heavy atom.